The molecule has 2 atom stereocenters. The van der Waals surface area contributed by atoms with Crippen LogP contribution in [0, 0.1) is 30.2 Å². The molecule has 13 heteroatoms. The second kappa shape index (κ2) is 15.1. The molecular formula is C35H41F4N3O6. The summed E-state index contributed by atoms with van der Waals surface area (Å²) in [4.78, 5) is 53.3. The van der Waals surface area contributed by atoms with Crippen molar-refractivity contribution in [2.75, 3.05) is 6.61 Å². The molecule has 3 rings (SSSR count). The molecule has 1 unspecified atom stereocenters. The molecule has 0 aliphatic carbocycles. The molecule has 260 valence electrons. The minimum Gasteiger partial charge on any atom is -0.479 e. The molecule has 48 heavy (non-hydrogen) atoms. The van der Waals surface area contributed by atoms with Gasteiger partial charge >= 0.3 is 5.97 Å². The van der Waals surface area contributed by atoms with Crippen LogP contribution in [-0.4, -0.2) is 45.7 Å². The first-order valence-electron chi connectivity index (χ1n) is 15.4. The molecule has 0 saturated heterocycles. The number of carbonyl (C=O) groups excluding carboxylic acids is 3. The van der Waals surface area contributed by atoms with Crippen LogP contribution in [0.25, 0.3) is 0 Å². The zero-order chi connectivity index (χ0) is 36.1. The number of ketones is 1. The number of carbonyl (C=O) groups is 3. The molecule has 9 nitrogen and oxygen atoms in total. The Morgan fingerprint density at radius 1 is 0.938 bits per heavy atom. The first kappa shape index (κ1) is 37.9. The summed E-state index contributed by atoms with van der Waals surface area (Å²) in [5.41, 5.74) is 1.08. The summed E-state index contributed by atoms with van der Waals surface area (Å²) in [6, 6.07) is 6.41. The van der Waals surface area contributed by atoms with Gasteiger partial charge in [0.05, 0.1) is 12.1 Å². The summed E-state index contributed by atoms with van der Waals surface area (Å²) >= 11 is 0. The van der Waals surface area contributed by atoms with E-state index in [0.717, 1.165) is 15.8 Å². The zero-order valence-electron chi connectivity index (χ0n) is 28.3. The van der Waals surface area contributed by atoms with Crippen molar-refractivity contribution in [1.29, 1.82) is 0 Å². The third-order valence-electron chi connectivity index (χ3n) is 7.25. The molecule has 0 radical (unpaired) electrons. The average molecular weight is 676 g/mol. The smallest absolute Gasteiger partial charge is 0.308 e. The minimum atomic E-state index is -1.87. The van der Waals surface area contributed by atoms with Crippen molar-refractivity contribution in [3.63, 3.8) is 0 Å². The number of amides is 1. The van der Waals surface area contributed by atoms with Gasteiger partial charge in [0, 0.05) is 18.1 Å². The molecule has 0 spiro atoms. The van der Waals surface area contributed by atoms with Gasteiger partial charge in [-0.15, -0.1) is 0 Å². The minimum absolute atomic E-state index is 0.0220. The Balaban J connectivity index is 1.94. The van der Waals surface area contributed by atoms with E-state index in [2.05, 4.69) is 31.2 Å². The highest BCUT2D eigenvalue weighted by Crippen LogP contribution is 2.28. The van der Waals surface area contributed by atoms with Gasteiger partial charge in [-0.3, -0.25) is 19.2 Å². The van der Waals surface area contributed by atoms with Crippen molar-refractivity contribution < 1.29 is 41.4 Å². The molecular weight excluding hydrogens is 634 g/mol. The number of halogens is 4. The quantitative estimate of drug-likeness (QED) is 0.146. The van der Waals surface area contributed by atoms with Gasteiger partial charge in [-0.25, -0.2) is 13.5 Å². The van der Waals surface area contributed by atoms with Crippen LogP contribution in [0.2, 0.25) is 0 Å². The highest BCUT2D eigenvalue weighted by molar-refractivity contribution is 5.94. The monoisotopic (exact) mass is 675 g/mol. The normalized spacial score (nSPS) is 13.1. The van der Waals surface area contributed by atoms with Crippen molar-refractivity contribution in [3.8, 4) is 5.75 Å². The number of rotatable bonds is 12. The maximum Gasteiger partial charge on any atom is 0.308 e. The number of nitrogens with zero attached hydrogens (tertiary/aromatic N) is 2. The van der Waals surface area contributed by atoms with Crippen LogP contribution >= 0.6 is 0 Å². The summed E-state index contributed by atoms with van der Waals surface area (Å²) in [5, 5.41) is 6.71. The molecule has 0 bridgehead atoms. The van der Waals surface area contributed by atoms with Crippen LogP contribution in [0.15, 0.2) is 41.2 Å². The molecule has 0 fully saturated rings. The Hall–Kier alpha value is -4.55. The lowest BCUT2D eigenvalue weighted by molar-refractivity contribution is -0.156. The predicted molar refractivity (Wildman–Crippen MR) is 170 cm³/mol. The van der Waals surface area contributed by atoms with Gasteiger partial charge in [-0.2, -0.15) is 13.9 Å². The van der Waals surface area contributed by atoms with Crippen molar-refractivity contribution in [2.24, 2.45) is 0 Å². The molecule has 0 aliphatic heterocycles. The van der Waals surface area contributed by atoms with Gasteiger partial charge in [0.1, 0.15) is 24.3 Å². The van der Waals surface area contributed by atoms with E-state index in [0.29, 0.717) is 11.3 Å². The van der Waals surface area contributed by atoms with Gasteiger partial charge in [0.15, 0.2) is 23.2 Å². The summed E-state index contributed by atoms with van der Waals surface area (Å²) < 4.78 is 66.8. The van der Waals surface area contributed by atoms with E-state index in [1.54, 1.807) is 40.7 Å². The first-order chi connectivity index (χ1) is 22.2. The fraction of sp³-hybridized carbons (Fsp3) is 0.457. The van der Waals surface area contributed by atoms with Gasteiger partial charge in [-0.05, 0) is 56.7 Å². The second-order valence-electron chi connectivity index (χ2n) is 13.5. The Bertz CT molecular complexity index is 1720. The van der Waals surface area contributed by atoms with Crippen LogP contribution in [-0.2, 0) is 31.0 Å². The fourth-order valence-electron chi connectivity index (χ4n) is 5.11. The summed E-state index contributed by atoms with van der Waals surface area (Å²) in [7, 11) is 0. The SMILES string of the molecule is CC[C@@H](C(=O)NC(CC(=O)OC(C)(C)C)C(=O)COc1c(F)c(F)cc(F)c1F)n1nc(C)cc(Cc2ccccc2C(C)(C)C)c1=O. The second-order valence-corrected chi connectivity index (χ2v) is 13.5. The number of aryl methyl sites for hydroxylation is 1. The van der Waals surface area contributed by atoms with E-state index >= 15 is 0 Å². The summed E-state index contributed by atoms with van der Waals surface area (Å²) in [6.07, 6.45) is -0.420. The number of hydrogen-bond donors (Lipinski definition) is 1. The van der Waals surface area contributed by atoms with Crippen molar-refractivity contribution in [3.05, 3.63) is 92.4 Å². The Morgan fingerprint density at radius 2 is 1.54 bits per heavy atom. The third-order valence-corrected chi connectivity index (χ3v) is 7.25. The van der Waals surface area contributed by atoms with Crippen molar-refractivity contribution >= 4 is 17.7 Å². The number of Topliss-reactive ketones (excluding diaryl/α,β-unsaturated/α-hetero) is 1. The highest BCUT2D eigenvalue weighted by atomic mass is 19.2. The molecule has 2 aromatic carbocycles. The molecule has 1 amide bonds. The third kappa shape index (κ3) is 9.51. The maximum atomic E-state index is 14.2. The molecule has 1 heterocycles. The van der Waals surface area contributed by atoms with Gasteiger partial charge < -0.3 is 14.8 Å². The lowest BCUT2D eigenvalue weighted by atomic mass is 9.82. The van der Waals surface area contributed by atoms with Gasteiger partial charge in [0.25, 0.3) is 5.56 Å². The van der Waals surface area contributed by atoms with Crippen LogP contribution in [0.4, 0.5) is 17.6 Å². The topological polar surface area (TPSA) is 117 Å². The van der Waals surface area contributed by atoms with Crippen molar-refractivity contribution in [1.82, 2.24) is 15.1 Å². The number of benzene rings is 2. The predicted octanol–water partition coefficient (Wildman–Crippen LogP) is 5.81. The zero-order valence-corrected chi connectivity index (χ0v) is 28.3. The van der Waals surface area contributed by atoms with E-state index in [9.17, 15) is 36.7 Å². The van der Waals surface area contributed by atoms with Crippen LogP contribution in [0.3, 0.4) is 0 Å². The Morgan fingerprint density at radius 3 is 2.10 bits per heavy atom. The lowest BCUT2D eigenvalue weighted by Crippen LogP contribution is -2.49. The van der Waals surface area contributed by atoms with Gasteiger partial charge in [0.2, 0.25) is 17.5 Å². The Labute approximate surface area is 276 Å². The largest absolute Gasteiger partial charge is 0.479 e. The number of aromatic nitrogens is 2. The molecule has 3 aromatic rings. The molecule has 0 saturated carbocycles. The van der Waals surface area contributed by atoms with Crippen molar-refractivity contribution in [2.45, 2.75) is 97.8 Å². The average Bonchev–Trinajstić information content (AvgIpc) is 2.97. The standard InChI is InChI=1S/C35H41F4N3O6/c1-9-26(42-33(46)21(14-19(2)41-42)15-20-12-10-11-13-22(20)34(3,4)5)32(45)40-25(17-28(44)48-35(6,7)8)27(43)18-47-31-29(38)23(36)16-24(37)30(31)39/h10-14,16,25-26H,9,15,17-18H2,1-8H3,(H,40,45)/t25?,26-/m0/s1. The molecule has 1 N–H and O–H groups in total. The van der Waals surface area contributed by atoms with Gasteiger partial charge in [-0.1, -0.05) is 52.0 Å². The van der Waals surface area contributed by atoms with E-state index in [1.165, 1.54) is 0 Å². The van der Waals surface area contributed by atoms with E-state index in [4.69, 9.17) is 9.47 Å². The van der Waals surface area contributed by atoms with E-state index in [1.807, 2.05) is 24.3 Å². The summed E-state index contributed by atoms with van der Waals surface area (Å²) in [6.45, 7) is 13.0. The van der Waals surface area contributed by atoms with E-state index in [-0.39, 0.29) is 24.3 Å². The highest BCUT2D eigenvalue weighted by Gasteiger charge is 2.32. The number of nitrogens with one attached hydrogen (secondary N) is 1. The maximum absolute atomic E-state index is 14.2. The van der Waals surface area contributed by atoms with Crippen LogP contribution in [0.1, 0.15) is 89.7 Å². The lowest BCUT2D eigenvalue weighted by Gasteiger charge is -2.25. The van der Waals surface area contributed by atoms with Crippen LogP contribution in [0.5, 0.6) is 5.75 Å². The summed E-state index contributed by atoms with van der Waals surface area (Å²) in [5.74, 6) is -11.6. The first-order valence-corrected chi connectivity index (χ1v) is 15.4. The Kier molecular flexibility index (Phi) is 11.9. The molecule has 0 aliphatic rings. The fourth-order valence-corrected chi connectivity index (χ4v) is 5.11. The van der Waals surface area contributed by atoms with E-state index < -0.39 is 82.9 Å². The number of hydrogen-bond acceptors (Lipinski definition) is 7. The van der Waals surface area contributed by atoms with Crippen LogP contribution < -0.4 is 15.6 Å². The number of esters is 1. The molecule has 1 aromatic heterocycles. The number of ether oxygens (including phenoxy) is 2.